The molecule has 0 bridgehead atoms. The van der Waals surface area contributed by atoms with Crippen molar-refractivity contribution in [2.75, 3.05) is 0 Å². The quantitative estimate of drug-likeness (QED) is 0.391. The average Bonchev–Trinajstić information content (AvgIpc) is 2.04. The Labute approximate surface area is 79.9 Å². The van der Waals surface area contributed by atoms with Gasteiger partial charge in [-0.25, -0.2) is 4.79 Å². The highest BCUT2D eigenvalue weighted by molar-refractivity contribution is 5.86. The van der Waals surface area contributed by atoms with E-state index in [1.165, 1.54) is 12.8 Å². The van der Waals surface area contributed by atoms with E-state index >= 15 is 0 Å². The summed E-state index contributed by atoms with van der Waals surface area (Å²) in [6.07, 6.45) is 4.27. The third-order valence-electron chi connectivity index (χ3n) is 1.78. The summed E-state index contributed by atoms with van der Waals surface area (Å²) in [4.78, 5) is 10.9. The molecule has 1 unspecified atom stereocenters. The normalized spacial score (nSPS) is 12.2. The number of hydrogen-bond acceptors (Lipinski definition) is 3. The molecule has 0 aliphatic rings. The predicted octanol–water partition coefficient (Wildman–Crippen LogP) is 1.97. The molecule has 0 fully saturated rings. The Morgan fingerprint density at radius 3 is 2.62 bits per heavy atom. The second kappa shape index (κ2) is 6.52. The van der Waals surface area contributed by atoms with Gasteiger partial charge < -0.3 is 10.5 Å². The topological polar surface area (TPSA) is 52.3 Å². The number of carbonyl (C=O) groups excluding carboxylic acids is 1. The summed E-state index contributed by atoms with van der Waals surface area (Å²) in [5, 5.41) is 0. The van der Waals surface area contributed by atoms with Gasteiger partial charge >= 0.3 is 5.97 Å². The van der Waals surface area contributed by atoms with Crippen LogP contribution in [0.15, 0.2) is 12.3 Å². The maximum Gasteiger partial charge on any atom is 0.353 e. The molecule has 1 atom stereocenters. The summed E-state index contributed by atoms with van der Waals surface area (Å²) in [6.45, 7) is 7.32. The molecule has 0 heterocycles. The molecular weight excluding hydrogens is 166 g/mol. The van der Waals surface area contributed by atoms with Crippen LogP contribution in [-0.4, -0.2) is 12.1 Å². The highest BCUT2D eigenvalue weighted by Gasteiger charge is 2.09. The molecule has 0 aromatic carbocycles. The zero-order valence-electron chi connectivity index (χ0n) is 8.51. The lowest BCUT2D eigenvalue weighted by atomic mass is 10.1. The van der Waals surface area contributed by atoms with Crippen molar-refractivity contribution < 1.29 is 9.53 Å². The van der Waals surface area contributed by atoms with Gasteiger partial charge in [0.2, 0.25) is 0 Å². The molecular formula is C10H19NO2. The summed E-state index contributed by atoms with van der Waals surface area (Å²) in [5.74, 6) is -0.496. The van der Waals surface area contributed by atoms with Crippen LogP contribution in [0.25, 0.3) is 0 Å². The molecule has 2 N–H and O–H groups in total. The molecule has 3 heteroatoms. The molecule has 3 nitrogen and oxygen atoms in total. The van der Waals surface area contributed by atoms with E-state index in [1.54, 1.807) is 0 Å². The fourth-order valence-corrected chi connectivity index (χ4v) is 0.999. The number of carbonyl (C=O) groups is 1. The van der Waals surface area contributed by atoms with Gasteiger partial charge in [0.1, 0.15) is 5.70 Å². The van der Waals surface area contributed by atoms with Crippen LogP contribution < -0.4 is 5.73 Å². The molecule has 0 aromatic rings. The minimum atomic E-state index is -0.496. The van der Waals surface area contributed by atoms with Crippen LogP contribution in [-0.2, 0) is 9.53 Å². The summed E-state index contributed by atoms with van der Waals surface area (Å²) in [6, 6.07) is 0. The predicted molar refractivity (Wildman–Crippen MR) is 53.0 cm³/mol. The molecule has 0 spiro atoms. The number of unbranched alkanes of at least 4 members (excludes halogenated alkanes) is 2. The molecule has 0 amide bonds. The van der Waals surface area contributed by atoms with E-state index in [1.807, 2.05) is 6.92 Å². The van der Waals surface area contributed by atoms with Crippen molar-refractivity contribution in [1.29, 1.82) is 0 Å². The Hall–Kier alpha value is -0.990. The SMILES string of the molecule is C=C(N)C(=O)OC(C)CCCCC. The van der Waals surface area contributed by atoms with Gasteiger partial charge in [-0.2, -0.15) is 0 Å². The molecule has 13 heavy (non-hydrogen) atoms. The van der Waals surface area contributed by atoms with E-state index in [0.717, 1.165) is 12.8 Å². The molecule has 0 aliphatic carbocycles. The van der Waals surface area contributed by atoms with Crippen LogP contribution in [0.5, 0.6) is 0 Å². The number of ether oxygens (including phenoxy) is 1. The Morgan fingerprint density at radius 2 is 2.15 bits per heavy atom. The van der Waals surface area contributed by atoms with E-state index in [2.05, 4.69) is 13.5 Å². The van der Waals surface area contributed by atoms with Crippen LogP contribution in [0.2, 0.25) is 0 Å². The van der Waals surface area contributed by atoms with Gasteiger partial charge in [0.15, 0.2) is 0 Å². The maximum absolute atomic E-state index is 10.9. The molecule has 0 saturated carbocycles. The minimum Gasteiger partial charge on any atom is -0.458 e. The smallest absolute Gasteiger partial charge is 0.353 e. The first kappa shape index (κ1) is 12.0. The summed E-state index contributed by atoms with van der Waals surface area (Å²) in [7, 11) is 0. The average molecular weight is 185 g/mol. The molecule has 0 aliphatic heterocycles. The summed E-state index contributed by atoms with van der Waals surface area (Å²) < 4.78 is 4.99. The standard InChI is InChI=1S/C10H19NO2/c1-4-5-6-7-8(2)13-10(12)9(3)11/h8H,3-7,11H2,1-2H3. The lowest BCUT2D eigenvalue weighted by Gasteiger charge is -2.12. The Bertz CT molecular complexity index is 178. The second-order valence-electron chi connectivity index (χ2n) is 3.24. The molecule has 0 aromatic heterocycles. The van der Waals surface area contributed by atoms with Gasteiger partial charge in [0.25, 0.3) is 0 Å². The molecule has 0 saturated heterocycles. The monoisotopic (exact) mass is 185 g/mol. The Balaban J connectivity index is 3.55. The van der Waals surface area contributed by atoms with Crippen molar-refractivity contribution in [3.63, 3.8) is 0 Å². The van der Waals surface area contributed by atoms with Crippen molar-refractivity contribution >= 4 is 5.97 Å². The van der Waals surface area contributed by atoms with Crippen LogP contribution in [0.3, 0.4) is 0 Å². The summed E-state index contributed by atoms with van der Waals surface area (Å²) in [5.41, 5.74) is 5.14. The van der Waals surface area contributed by atoms with Gasteiger partial charge in [-0.15, -0.1) is 0 Å². The first-order valence-electron chi connectivity index (χ1n) is 4.73. The van der Waals surface area contributed by atoms with E-state index in [-0.39, 0.29) is 11.8 Å². The molecule has 0 radical (unpaired) electrons. The lowest BCUT2D eigenvalue weighted by molar-refractivity contribution is -0.143. The van der Waals surface area contributed by atoms with Crippen LogP contribution in [0.4, 0.5) is 0 Å². The van der Waals surface area contributed by atoms with Crippen molar-refractivity contribution in [2.45, 2.75) is 45.6 Å². The first-order chi connectivity index (χ1) is 6.07. The first-order valence-corrected chi connectivity index (χ1v) is 4.73. The van der Waals surface area contributed by atoms with Crippen LogP contribution >= 0.6 is 0 Å². The van der Waals surface area contributed by atoms with Crippen molar-refractivity contribution in [3.05, 3.63) is 12.3 Å². The van der Waals surface area contributed by atoms with Gasteiger partial charge in [0.05, 0.1) is 6.10 Å². The third-order valence-corrected chi connectivity index (χ3v) is 1.78. The molecule has 76 valence electrons. The fraction of sp³-hybridized carbons (Fsp3) is 0.700. The Kier molecular flexibility index (Phi) is 6.02. The van der Waals surface area contributed by atoms with Gasteiger partial charge in [-0.05, 0) is 19.8 Å². The zero-order chi connectivity index (χ0) is 10.3. The number of rotatable bonds is 6. The third kappa shape index (κ3) is 6.20. The zero-order valence-corrected chi connectivity index (χ0v) is 8.51. The van der Waals surface area contributed by atoms with E-state index < -0.39 is 5.97 Å². The van der Waals surface area contributed by atoms with Gasteiger partial charge in [-0.1, -0.05) is 26.3 Å². The molecule has 0 rings (SSSR count). The summed E-state index contributed by atoms with van der Waals surface area (Å²) >= 11 is 0. The Morgan fingerprint density at radius 1 is 1.54 bits per heavy atom. The van der Waals surface area contributed by atoms with Gasteiger partial charge in [-0.3, -0.25) is 0 Å². The van der Waals surface area contributed by atoms with Crippen molar-refractivity contribution in [1.82, 2.24) is 0 Å². The van der Waals surface area contributed by atoms with E-state index in [4.69, 9.17) is 10.5 Å². The largest absolute Gasteiger partial charge is 0.458 e. The van der Waals surface area contributed by atoms with Crippen molar-refractivity contribution in [3.8, 4) is 0 Å². The number of nitrogens with two attached hydrogens (primary N) is 1. The second-order valence-corrected chi connectivity index (χ2v) is 3.24. The van der Waals surface area contributed by atoms with E-state index in [0.29, 0.717) is 0 Å². The van der Waals surface area contributed by atoms with Crippen LogP contribution in [0.1, 0.15) is 39.5 Å². The fourth-order valence-electron chi connectivity index (χ4n) is 0.999. The maximum atomic E-state index is 10.9. The highest BCUT2D eigenvalue weighted by atomic mass is 16.5. The van der Waals surface area contributed by atoms with Crippen molar-refractivity contribution in [2.24, 2.45) is 5.73 Å². The minimum absolute atomic E-state index is 0.0256. The van der Waals surface area contributed by atoms with Crippen LogP contribution in [0, 0.1) is 0 Å². The van der Waals surface area contributed by atoms with Gasteiger partial charge in [0, 0.05) is 0 Å². The lowest BCUT2D eigenvalue weighted by Crippen LogP contribution is -2.19. The van der Waals surface area contributed by atoms with E-state index in [9.17, 15) is 4.79 Å². The highest BCUT2D eigenvalue weighted by Crippen LogP contribution is 2.06. The number of hydrogen-bond donors (Lipinski definition) is 1. The number of esters is 1.